The molecule has 2 amide bonds. The zero-order chi connectivity index (χ0) is 20.3. The number of likely N-dealkylation sites (tertiary alicyclic amines) is 1. The number of aromatic nitrogens is 4. The molecule has 8 heteroatoms. The normalized spacial score (nSPS) is 15.1. The van der Waals surface area contributed by atoms with Crippen molar-refractivity contribution in [3.8, 4) is 0 Å². The van der Waals surface area contributed by atoms with Crippen LogP contribution in [0.2, 0.25) is 0 Å². The average Bonchev–Trinajstić information content (AvgIpc) is 3.28. The molecule has 152 valence electrons. The van der Waals surface area contributed by atoms with Gasteiger partial charge in [0.1, 0.15) is 12.4 Å². The maximum absolute atomic E-state index is 12.6. The number of aryl methyl sites for hydroxylation is 2. The number of rotatable bonds is 6. The van der Waals surface area contributed by atoms with Crippen LogP contribution in [0, 0.1) is 0 Å². The van der Waals surface area contributed by atoms with Gasteiger partial charge >= 0.3 is 0 Å². The quantitative estimate of drug-likeness (QED) is 0.755. The number of amides is 2. The van der Waals surface area contributed by atoms with Gasteiger partial charge in [-0.05, 0) is 18.9 Å². The second kappa shape index (κ2) is 8.58. The Labute approximate surface area is 166 Å². The van der Waals surface area contributed by atoms with Crippen molar-refractivity contribution in [2.24, 2.45) is 7.05 Å². The molecule has 2 aromatic rings. The van der Waals surface area contributed by atoms with Crippen molar-refractivity contribution in [1.29, 1.82) is 0 Å². The van der Waals surface area contributed by atoms with E-state index in [4.69, 9.17) is 0 Å². The van der Waals surface area contributed by atoms with Gasteiger partial charge in [0, 0.05) is 58.8 Å². The average molecular weight is 387 g/mol. The topological polar surface area (TPSA) is 76.3 Å². The van der Waals surface area contributed by atoms with Crippen molar-refractivity contribution in [3.05, 3.63) is 35.7 Å². The summed E-state index contributed by atoms with van der Waals surface area (Å²) >= 11 is 0. The van der Waals surface area contributed by atoms with Gasteiger partial charge in [-0.1, -0.05) is 6.92 Å². The smallest absolute Gasteiger partial charge is 0.242 e. The van der Waals surface area contributed by atoms with Crippen LogP contribution in [0.5, 0.6) is 0 Å². The first-order valence-corrected chi connectivity index (χ1v) is 9.91. The van der Waals surface area contributed by atoms with Crippen molar-refractivity contribution in [2.45, 2.75) is 52.1 Å². The maximum Gasteiger partial charge on any atom is 0.242 e. The minimum absolute atomic E-state index is 0.0405. The second-order valence-electron chi connectivity index (χ2n) is 7.54. The summed E-state index contributed by atoms with van der Waals surface area (Å²) < 4.78 is 3.79. The van der Waals surface area contributed by atoms with Crippen LogP contribution in [0.1, 0.15) is 49.8 Å². The molecule has 0 bridgehead atoms. The van der Waals surface area contributed by atoms with Crippen LogP contribution >= 0.6 is 0 Å². The number of imidazole rings is 1. The highest BCUT2D eigenvalue weighted by molar-refractivity contribution is 5.76. The SMILES string of the molecule is CCc1nccn1CC(=O)N1CCC(c2cc(CN(C)C(C)=O)n(C)n2)CC1. The number of hydrogen-bond acceptors (Lipinski definition) is 4. The van der Waals surface area contributed by atoms with Gasteiger partial charge in [0.25, 0.3) is 0 Å². The van der Waals surface area contributed by atoms with Crippen molar-refractivity contribution in [3.63, 3.8) is 0 Å². The summed E-state index contributed by atoms with van der Waals surface area (Å²) in [5.74, 6) is 1.49. The minimum Gasteiger partial charge on any atom is -0.341 e. The number of nitrogens with zero attached hydrogens (tertiary/aromatic N) is 6. The van der Waals surface area contributed by atoms with Gasteiger partial charge in [-0.25, -0.2) is 4.98 Å². The van der Waals surface area contributed by atoms with Gasteiger partial charge in [0.15, 0.2) is 0 Å². The zero-order valence-corrected chi connectivity index (χ0v) is 17.3. The highest BCUT2D eigenvalue weighted by Gasteiger charge is 2.26. The molecule has 1 fully saturated rings. The molecule has 0 N–H and O–H groups in total. The lowest BCUT2D eigenvalue weighted by atomic mass is 9.93. The lowest BCUT2D eigenvalue weighted by molar-refractivity contribution is -0.133. The van der Waals surface area contributed by atoms with E-state index < -0.39 is 0 Å². The Balaban J connectivity index is 1.56. The largest absolute Gasteiger partial charge is 0.341 e. The van der Waals surface area contributed by atoms with E-state index in [0.717, 1.165) is 49.6 Å². The number of hydrogen-bond donors (Lipinski definition) is 0. The molecule has 3 heterocycles. The van der Waals surface area contributed by atoms with E-state index in [1.807, 2.05) is 34.3 Å². The predicted octanol–water partition coefficient (Wildman–Crippen LogP) is 1.56. The van der Waals surface area contributed by atoms with E-state index in [1.54, 1.807) is 25.1 Å². The molecule has 0 unspecified atom stereocenters. The molecule has 1 aliphatic rings. The molecule has 0 saturated carbocycles. The molecule has 0 atom stereocenters. The lowest BCUT2D eigenvalue weighted by Crippen LogP contribution is -2.40. The van der Waals surface area contributed by atoms with Crippen molar-refractivity contribution >= 4 is 11.8 Å². The Morgan fingerprint density at radius 3 is 2.64 bits per heavy atom. The molecule has 2 aromatic heterocycles. The summed E-state index contributed by atoms with van der Waals surface area (Å²) in [5.41, 5.74) is 2.09. The highest BCUT2D eigenvalue weighted by atomic mass is 16.2. The van der Waals surface area contributed by atoms with Crippen LogP contribution < -0.4 is 0 Å². The van der Waals surface area contributed by atoms with Gasteiger partial charge in [-0.2, -0.15) is 5.10 Å². The fourth-order valence-corrected chi connectivity index (χ4v) is 3.70. The summed E-state index contributed by atoms with van der Waals surface area (Å²) in [6.45, 7) is 6.03. The molecule has 3 rings (SSSR count). The monoisotopic (exact) mass is 386 g/mol. The van der Waals surface area contributed by atoms with E-state index in [9.17, 15) is 9.59 Å². The zero-order valence-electron chi connectivity index (χ0n) is 17.3. The summed E-state index contributed by atoms with van der Waals surface area (Å²) in [6.07, 6.45) is 6.27. The first-order valence-electron chi connectivity index (χ1n) is 9.91. The molecule has 28 heavy (non-hydrogen) atoms. The van der Waals surface area contributed by atoms with Crippen LogP contribution in [0.25, 0.3) is 0 Å². The van der Waals surface area contributed by atoms with E-state index >= 15 is 0 Å². The van der Waals surface area contributed by atoms with Crippen LogP contribution in [0.15, 0.2) is 18.5 Å². The fourth-order valence-electron chi connectivity index (χ4n) is 3.70. The van der Waals surface area contributed by atoms with Crippen LogP contribution in [-0.4, -0.2) is 61.1 Å². The molecule has 8 nitrogen and oxygen atoms in total. The first kappa shape index (κ1) is 20.1. The maximum atomic E-state index is 12.6. The van der Waals surface area contributed by atoms with Crippen LogP contribution in [0.4, 0.5) is 0 Å². The molecular weight excluding hydrogens is 356 g/mol. The van der Waals surface area contributed by atoms with Gasteiger partial charge in [0.2, 0.25) is 11.8 Å². The van der Waals surface area contributed by atoms with Gasteiger partial charge in [-0.15, -0.1) is 0 Å². The van der Waals surface area contributed by atoms with Gasteiger partial charge in [0.05, 0.1) is 17.9 Å². The van der Waals surface area contributed by atoms with Gasteiger partial charge < -0.3 is 14.4 Å². The number of carbonyl (C=O) groups excluding carboxylic acids is 2. The van der Waals surface area contributed by atoms with Crippen molar-refractivity contribution in [2.75, 3.05) is 20.1 Å². The minimum atomic E-state index is 0.0405. The van der Waals surface area contributed by atoms with E-state index in [1.165, 1.54) is 0 Å². The third-order valence-electron chi connectivity index (χ3n) is 5.62. The molecule has 0 aliphatic carbocycles. The molecule has 0 radical (unpaired) electrons. The van der Waals surface area contributed by atoms with Crippen molar-refractivity contribution < 1.29 is 9.59 Å². The Morgan fingerprint density at radius 1 is 1.29 bits per heavy atom. The molecule has 1 aliphatic heterocycles. The van der Waals surface area contributed by atoms with Crippen LogP contribution in [0.3, 0.4) is 0 Å². The van der Waals surface area contributed by atoms with E-state index in [2.05, 4.69) is 16.1 Å². The summed E-state index contributed by atoms with van der Waals surface area (Å²) in [4.78, 5) is 32.0. The number of piperidine rings is 1. The number of carbonyl (C=O) groups is 2. The Morgan fingerprint density at radius 2 is 2.00 bits per heavy atom. The van der Waals surface area contributed by atoms with E-state index in [-0.39, 0.29) is 11.8 Å². The molecule has 1 saturated heterocycles. The Bertz CT molecular complexity index is 832. The lowest BCUT2D eigenvalue weighted by Gasteiger charge is -2.31. The summed E-state index contributed by atoms with van der Waals surface area (Å²) in [5, 5.41) is 4.66. The Hall–Kier alpha value is -2.64. The molecule has 0 spiro atoms. The predicted molar refractivity (Wildman–Crippen MR) is 106 cm³/mol. The third kappa shape index (κ3) is 4.43. The van der Waals surface area contributed by atoms with E-state index in [0.29, 0.717) is 19.0 Å². The molecule has 0 aromatic carbocycles. The second-order valence-corrected chi connectivity index (χ2v) is 7.54. The molecular formula is C20H30N6O2. The third-order valence-corrected chi connectivity index (χ3v) is 5.62. The summed E-state index contributed by atoms with van der Waals surface area (Å²) in [7, 11) is 3.71. The fraction of sp³-hybridized carbons (Fsp3) is 0.600. The first-order chi connectivity index (χ1) is 13.4. The van der Waals surface area contributed by atoms with Gasteiger partial charge in [-0.3, -0.25) is 14.3 Å². The standard InChI is InChI=1S/C20H30N6O2/c1-5-19-21-8-11-26(19)14-20(28)25-9-6-16(7-10-25)18-12-17(24(4)22-18)13-23(3)15(2)27/h8,11-12,16H,5-7,9-10,13-14H2,1-4H3. The Kier molecular flexibility index (Phi) is 6.16. The van der Waals surface area contributed by atoms with Crippen molar-refractivity contribution in [1.82, 2.24) is 29.1 Å². The summed E-state index contributed by atoms with van der Waals surface area (Å²) in [6, 6.07) is 2.10. The highest BCUT2D eigenvalue weighted by Crippen LogP contribution is 2.28. The van der Waals surface area contributed by atoms with Crippen LogP contribution in [-0.2, 0) is 36.1 Å².